The molecule has 0 bridgehead atoms. The molecular weight excluding hydrogens is 220 g/mol. The Bertz CT molecular complexity index is 319. The van der Waals surface area contributed by atoms with Crippen LogP contribution in [0.4, 0.5) is 11.6 Å². The largest absolute Gasteiger partial charge is 0.370 e. The van der Waals surface area contributed by atoms with Crippen molar-refractivity contribution >= 4 is 23.4 Å². The van der Waals surface area contributed by atoms with Crippen LogP contribution in [0.2, 0.25) is 0 Å². The third-order valence-corrected chi connectivity index (χ3v) is 3.26. The van der Waals surface area contributed by atoms with Crippen molar-refractivity contribution in [2.24, 2.45) is 0 Å². The minimum Gasteiger partial charge on any atom is -0.370 e. The molecule has 5 heteroatoms. The first-order valence-electron chi connectivity index (χ1n) is 5.46. The van der Waals surface area contributed by atoms with Crippen LogP contribution < -0.4 is 10.2 Å². The van der Waals surface area contributed by atoms with Gasteiger partial charge in [-0.25, -0.2) is 9.97 Å². The third kappa shape index (κ3) is 3.56. The molecule has 0 aliphatic heterocycles. The van der Waals surface area contributed by atoms with Gasteiger partial charge in [0.2, 0.25) is 0 Å². The zero-order valence-corrected chi connectivity index (χ0v) is 11.2. The molecule has 0 spiro atoms. The van der Waals surface area contributed by atoms with E-state index in [0.29, 0.717) is 6.04 Å². The van der Waals surface area contributed by atoms with Crippen molar-refractivity contribution in [2.75, 3.05) is 35.8 Å². The predicted octanol–water partition coefficient (Wildman–Crippen LogP) is 2.10. The van der Waals surface area contributed by atoms with E-state index in [4.69, 9.17) is 0 Å². The molecule has 0 radical (unpaired) electrons. The quantitative estimate of drug-likeness (QED) is 0.824. The molecule has 1 N–H and O–H groups in total. The number of nitrogens with zero attached hydrogens (tertiary/aromatic N) is 3. The van der Waals surface area contributed by atoms with Crippen LogP contribution in [-0.4, -0.2) is 41.6 Å². The summed E-state index contributed by atoms with van der Waals surface area (Å²) in [7, 11) is 2.07. The molecule has 1 heterocycles. The molecule has 0 saturated carbocycles. The molecule has 0 fully saturated rings. The number of nitrogens with one attached hydrogen (secondary N) is 1. The summed E-state index contributed by atoms with van der Waals surface area (Å²) in [6.07, 6.45) is 3.73. The lowest BCUT2D eigenvalue weighted by atomic mass is 10.3. The van der Waals surface area contributed by atoms with Gasteiger partial charge in [0.05, 0.1) is 0 Å². The number of anilines is 2. The summed E-state index contributed by atoms with van der Waals surface area (Å²) in [5.41, 5.74) is 0. The second kappa shape index (κ2) is 6.58. The summed E-state index contributed by atoms with van der Waals surface area (Å²) in [5, 5.41) is 3.19. The van der Waals surface area contributed by atoms with Crippen LogP contribution >= 0.6 is 11.8 Å². The van der Waals surface area contributed by atoms with Crippen molar-refractivity contribution in [3.63, 3.8) is 0 Å². The van der Waals surface area contributed by atoms with Gasteiger partial charge < -0.3 is 10.2 Å². The molecule has 0 saturated heterocycles. The Balaban J connectivity index is 2.74. The second-order valence-electron chi connectivity index (χ2n) is 3.71. The number of thioether (sulfide) groups is 1. The number of aromatic nitrogens is 2. The second-order valence-corrected chi connectivity index (χ2v) is 4.62. The fourth-order valence-corrected chi connectivity index (χ4v) is 2.10. The molecule has 16 heavy (non-hydrogen) atoms. The molecule has 0 aromatic carbocycles. The average Bonchev–Trinajstić information content (AvgIpc) is 2.29. The maximum atomic E-state index is 4.29. The minimum atomic E-state index is 0.472. The summed E-state index contributed by atoms with van der Waals surface area (Å²) in [6, 6.07) is 2.46. The van der Waals surface area contributed by atoms with Crippen molar-refractivity contribution in [2.45, 2.75) is 19.9 Å². The van der Waals surface area contributed by atoms with Crippen LogP contribution in [0, 0.1) is 0 Å². The topological polar surface area (TPSA) is 41.0 Å². The van der Waals surface area contributed by atoms with Gasteiger partial charge in [-0.1, -0.05) is 0 Å². The van der Waals surface area contributed by atoms with Gasteiger partial charge in [-0.05, 0) is 20.1 Å². The Labute approximate surface area is 102 Å². The smallest absolute Gasteiger partial charge is 0.134 e. The van der Waals surface area contributed by atoms with Gasteiger partial charge in [0.1, 0.15) is 18.0 Å². The highest BCUT2D eigenvalue weighted by molar-refractivity contribution is 7.98. The summed E-state index contributed by atoms with van der Waals surface area (Å²) in [4.78, 5) is 10.6. The van der Waals surface area contributed by atoms with Gasteiger partial charge in [-0.3, -0.25) is 0 Å². The zero-order valence-electron chi connectivity index (χ0n) is 10.4. The molecule has 90 valence electrons. The van der Waals surface area contributed by atoms with Crippen LogP contribution in [0.5, 0.6) is 0 Å². The first-order valence-corrected chi connectivity index (χ1v) is 6.86. The standard InChI is InChI=1S/C11H20N4S/c1-5-12-10-6-11(14-8-13-10)15(3)9(2)7-16-4/h6,8-9H,5,7H2,1-4H3,(H,12,13,14). The molecule has 0 aliphatic carbocycles. The van der Waals surface area contributed by atoms with E-state index in [1.165, 1.54) is 0 Å². The fraction of sp³-hybridized carbons (Fsp3) is 0.636. The Morgan fingerprint density at radius 2 is 2.25 bits per heavy atom. The van der Waals surface area contributed by atoms with Crippen LogP contribution in [0.25, 0.3) is 0 Å². The van der Waals surface area contributed by atoms with Crippen LogP contribution in [-0.2, 0) is 0 Å². The van der Waals surface area contributed by atoms with E-state index in [1.807, 2.05) is 17.8 Å². The minimum absolute atomic E-state index is 0.472. The van der Waals surface area contributed by atoms with Crippen LogP contribution in [0.15, 0.2) is 12.4 Å². The molecule has 1 aromatic heterocycles. The monoisotopic (exact) mass is 240 g/mol. The number of hydrogen-bond acceptors (Lipinski definition) is 5. The summed E-state index contributed by atoms with van der Waals surface area (Å²) >= 11 is 1.85. The summed E-state index contributed by atoms with van der Waals surface area (Å²) < 4.78 is 0. The van der Waals surface area contributed by atoms with Crippen LogP contribution in [0.3, 0.4) is 0 Å². The lowest BCUT2D eigenvalue weighted by molar-refractivity contribution is 0.751. The average molecular weight is 240 g/mol. The predicted molar refractivity (Wildman–Crippen MR) is 72.4 cm³/mol. The Hall–Kier alpha value is -0.970. The van der Waals surface area contributed by atoms with Gasteiger partial charge in [0.25, 0.3) is 0 Å². The fourth-order valence-electron chi connectivity index (χ4n) is 1.40. The third-order valence-electron chi connectivity index (χ3n) is 2.44. The molecule has 1 unspecified atom stereocenters. The summed E-state index contributed by atoms with van der Waals surface area (Å²) in [6.45, 7) is 5.13. The maximum absolute atomic E-state index is 4.29. The van der Waals surface area contributed by atoms with E-state index in [1.54, 1.807) is 6.33 Å². The SMILES string of the molecule is CCNc1cc(N(C)C(C)CSC)ncn1. The Morgan fingerprint density at radius 1 is 1.50 bits per heavy atom. The molecule has 4 nitrogen and oxygen atoms in total. The Kier molecular flexibility index (Phi) is 5.38. The van der Waals surface area contributed by atoms with E-state index in [0.717, 1.165) is 23.9 Å². The Morgan fingerprint density at radius 3 is 2.88 bits per heavy atom. The van der Waals surface area contributed by atoms with Crippen molar-refractivity contribution in [3.05, 3.63) is 12.4 Å². The van der Waals surface area contributed by atoms with E-state index in [-0.39, 0.29) is 0 Å². The zero-order chi connectivity index (χ0) is 12.0. The molecule has 1 atom stereocenters. The molecule has 0 aliphatic rings. The van der Waals surface area contributed by atoms with E-state index >= 15 is 0 Å². The molecule has 1 rings (SSSR count). The highest BCUT2D eigenvalue weighted by Crippen LogP contribution is 2.16. The van der Waals surface area contributed by atoms with Gasteiger partial charge in [0, 0.05) is 31.5 Å². The lowest BCUT2D eigenvalue weighted by Crippen LogP contribution is -2.31. The molecule has 0 amide bonds. The van der Waals surface area contributed by atoms with Gasteiger partial charge in [-0.2, -0.15) is 11.8 Å². The van der Waals surface area contributed by atoms with Gasteiger partial charge >= 0.3 is 0 Å². The van der Waals surface area contributed by atoms with Crippen molar-refractivity contribution in [3.8, 4) is 0 Å². The number of rotatable bonds is 6. The van der Waals surface area contributed by atoms with Crippen LogP contribution in [0.1, 0.15) is 13.8 Å². The normalized spacial score (nSPS) is 12.2. The van der Waals surface area contributed by atoms with Gasteiger partial charge in [-0.15, -0.1) is 0 Å². The van der Waals surface area contributed by atoms with Gasteiger partial charge in [0.15, 0.2) is 0 Å². The highest BCUT2D eigenvalue weighted by atomic mass is 32.2. The van der Waals surface area contributed by atoms with E-state index < -0.39 is 0 Å². The van der Waals surface area contributed by atoms with E-state index in [2.05, 4.69) is 47.3 Å². The van der Waals surface area contributed by atoms with Crippen molar-refractivity contribution in [1.29, 1.82) is 0 Å². The highest BCUT2D eigenvalue weighted by Gasteiger charge is 2.11. The first-order chi connectivity index (χ1) is 7.69. The molecular formula is C11H20N4S. The number of hydrogen-bond donors (Lipinski definition) is 1. The van der Waals surface area contributed by atoms with Crippen molar-refractivity contribution < 1.29 is 0 Å². The van der Waals surface area contributed by atoms with E-state index in [9.17, 15) is 0 Å². The lowest BCUT2D eigenvalue weighted by Gasteiger charge is -2.25. The maximum Gasteiger partial charge on any atom is 0.134 e. The summed E-state index contributed by atoms with van der Waals surface area (Å²) in [5.74, 6) is 2.94. The van der Waals surface area contributed by atoms with Crippen molar-refractivity contribution in [1.82, 2.24) is 9.97 Å². The molecule has 1 aromatic rings. The first kappa shape index (κ1) is 13.1.